The summed E-state index contributed by atoms with van der Waals surface area (Å²) in [6.07, 6.45) is 1.91. The van der Waals surface area contributed by atoms with Crippen LogP contribution in [0.1, 0.15) is 10.4 Å². The summed E-state index contributed by atoms with van der Waals surface area (Å²) in [6, 6.07) is 13.2. The molecular formula is C15H14N2O3S. The van der Waals surface area contributed by atoms with E-state index in [9.17, 15) is 9.59 Å². The lowest BCUT2D eigenvalue weighted by atomic mass is 10.2. The predicted octanol–water partition coefficient (Wildman–Crippen LogP) is 3.75. The van der Waals surface area contributed by atoms with Gasteiger partial charge in [-0.1, -0.05) is 24.3 Å². The Hall–Kier alpha value is -2.47. The van der Waals surface area contributed by atoms with Gasteiger partial charge >= 0.3 is 12.0 Å². The van der Waals surface area contributed by atoms with Crippen molar-refractivity contribution in [1.82, 2.24) is 0 Å². The van der Waals surface area contributed by atoms with Crippen LogP contribution in [0.3, 0.4) is 0 Å². The monoisotopic (exact) mass is 302 g/mol. The summed E-state index contributed by atoms with van der Waals surface area (Å²) in [5, 5.41) is 14.3. The Morgan fingerprint density at radius 1 is 0.952 bits per heavy atom. The molecule has 0 unspecified atom stereocenters. The summed E-state index contributed by atoms with van der Waals surface area (Å²) >= 11 is 1.52. The second-order valence-electron chi connectivity index (χ2n) is 4.13. The normalized spacial score (nSPS) is 9.95. The molecule has 2 aromatic carbocycles. The zero-order valence-electron chi connectivity index (χ0n) is 11.3. The molecule has 0 bridgehead atoms. The summed E-state index contributed by atoms with van der Waals surface area (Å²) in [5.74, 6) is -1.09. The lowest BCUT2D eigenvalue weighted by Gasteiger charge is -2.11. The molecule has 0 fully saturated rings. The third-order valence-corrected chi connectivity index (χ3v) is 3.56. The second-order valence-corrected chi connectivity index (χ2v) is 4.98. The summed E-state index contributed by atoms with van der Waals surface area (Å²) in [5.41, 5.74) is 0.977. The van der Waals surface area contributed by atoms with Crippen LogP contribution in [-0.2, 0) is 0 Å². The van der Waals surface area contributed by atoms with E-state index in [2.05, 4.69) is 10.6 Å². The highest BCUT2D eigenvalue weighted by Crippen LogP contribution is 2.25. The molecule has 0 spiro atoms. The van der Waals surface area contributed by atoms with E-state index in [4.69, 9.17) is 5.11 Å². The number of aromatic carboxylic acids is 1. The highest BCUT2D eigenvalue weighted by Gasteiger charge is 2.12. The molecule has 0 saturated heterocycles. The van der Waals surface area contributed by atoms with Gasteiger partial charge in [0.25, 0.3) is 0 Å². The van der Waals surface area contributed by atoms with E-state index in [1.54, 1.807) is 24.3 Å². The average molecular weight is 302 g/mol. The Morgan fingerprint density at radius 3 is 2.19 bits per heavy atom. The van der Waals surface area contributed by atoms with Crippen molar-refractivity contribution in [3.8, 4) is 0 Å². The van der Waals surface area contributed by atoms with Crippen LogP contribution in [0.5, 0.6) is 0 Å². The molecule has 0 radical (unpaired) electrons. The van der Waals surface area contributed by atoms with Gasteiger partial charge in [0.05, 0.1) is 16.9 Å². The smallest absolute Gasteiger partial charge is 0.337 e. The maximum atomic E-state index is 12.0. The maximum absolute atomic E-state index is 12.0. The van der Waals surface area contributed by atoms with Crippen molar-refractivity contribution in [2.75, 3.05) is 16.9 Å². The van der Waals surface area contributed by atoms with Crippen LogP contribution in [-0.4, -0.2) is 23.4 Å². The second kappa shape index (κ2) is 6.81. The van der Waals surface area contributed by atoms with Crippen LogP contribution in [0.4, 0.5) is 16.2 Å². The Labute approximate surface area is 126 Å². The molecule has 108 valence electrons. The zero-order chi connectivity index (χ0) is 15.2. The number of nitrogens with one attached hydrogen (secondary N) is 2. The standard InChI is InChI=1S/C15H14N2O3S/c1-21-13-9-5-4-8-12(13)17-15(20)16-11-7-3-2-6-10(11)14(18)19/h2-9H,1H3,(H,18,19)(H2,16,17,20). The molecule has 0 saturated carbocycles. The molecule has 0 heterocycles. The number of anilines is 2. The molecular weight excluding hydrogens is 288 g/mol. The Kier molecular flexibility index (Phi) is 4.84. The minimum absolute atomic E-state index is 0.0470. The van der Waals surface area contributed by atoms with E-state index < -0.39 is 12.0 Å². The van der Waals surface area contributed by atoms with Gasteiger partial charge in [-0.25, -0.2) is 9.59 Å². The highest BCUT2D eigenvalue weighted by atomic mass is 32.2. The molecule has 0 aliphatic rings. The van der Waals surface area contributed by atoms with Crippen molar-refractivity contribution < 1.29 is 14.7 Å². The lowest BCUT2D eigenvalue weighted by molar-refractivity contribution is 0.0698. The number of hydrogen-bond donors (Lipinski definition) is 3. The Bertz CT molecular complexity index is 673. The van der Waals surface area contributed by atoms with E-state index in [0.29, 0.717) is 5.69 Å². The highest BCUT2D eigenvalue weighted by molar-refractivity contribution is 7.98. The van der Waals surface area contributed by atoms with E-state index in [1.807, 2.05) is 24.5 Å². The van der Waals surface area contributed by atoms with E-state index in [1.165, 1.54) is 17.8 Å². The quantitative estimate of drug-likeness (QED) is 0.752. The molecule has 2 amide bonds. The molecule has 0 aliphatic heterocycles. The van der Waals surface area contributed by atoms with Crippen LogP contribution in [0.2, 0.25) is 0 Å². The fourth-order valence-electron chi connectivity index (χ4n) is 1.80. The SMILES string of the molecule is CSc1ccccc1NC(=O)Nc1ccccc1C(=O)O. The number of amides is 2. The number of carbonyl (C=O) groups is 2. The van der Waals surface area contributed by atoms with Gasteiger partial charge in [-0.3, -0.25) is 0 Å². The first-order chi connectivity index (χ1) is 10.1. The Morgan fingerprint density at radius 2 is 1.52 bits per heavy atom. The van der Waals surface area contributed by atoms with Gasteiger partial charge in [0, 0.05) is 4.90 Å². The first-order valence-corrected chi connectivity index (χ1v) is 7.37. The molecule has 0 aromatic heterocycles. The number of benzene rings is 2. The summed E-state index contributed by atoms with van der Waals surface area (Å²) in [6.45, 7) is 0. The fraction of sp³-hybridized carbons (Fsp3) is 0.0667. The minimum Gasteiger partial charge on any atom is -0.478 e. The number of carboxylic acids is 1. The van der Waals surface area contributed by atoms with Gasteiger partial charge in [0.15, 0.2) is 0 Å². The number of para-hydroxylation sites is 2. The predicted molar refractivity (Wildman–Crippen MR) is 84.3 cm³/mol. The third-order valence-electron chi connectivity index (χ3n) is 2.76. The lowest BCUT2D eigenvalue weighted by Crippen LogP contribution is -2.21. The van der Waals surface area contributed by atoms with Gasteiger partial charge in [0.2, 0.25) is 0 Å². The van der Waals surface area contributed by atoms with Gasteiger partial charge in [0.1, 0.15) is 0 Å². The minimum atomic E-state index is -1.09. The van der Waals surface area contributed by atoms with Crippen molar-refractivity contribution in [3.05, 3.63) is 54.1 Å². The first-order valence-electron chi connectivity index (χ1n) is 6.15. The van der Waals surface area contributed by atoms with Gasteiger partial charge in [-0.05, 0) is 30.5 Å². The molecule has 0 atom stereocenters. The number of thioether (sulfide) groups is 1. The molecule has 5 nitrogen and oxygen atoms in total. The van der Waals surface area contributed by atoms with E-state index in [-0.39, 0.29) is 11.3 Å². The van der Waals surface area contributed by atoms with Crippen LogP contribution >= 0.6 is 11.8 Å². The third kappa shape index (κ3) is 3.76. The van der Waals surface area contributed by atoms with Crippen molar-refractivity contribution in [2.24, 2.45) is 0 Å². The molecule has 21 heavy (non-hydrogen) atoms. The summed E-state index contributed by atoms with van der Waals surface area (Å²) in [7, 11) is 0. The zero-order valence-corrected chi connectivity index (χ0v) is 12.1. The molecule has 3 N–H and O–H groups in total. The van der Waals surface area contributed by atoms with Crippen LogP contribution in [0.25, 0.3) is 0 Å². The number of urea groups is 1. The van der Waals surface area contributed by atoms with Crippen molar-refractivity contribution >= 4 is 35.1 Å². The van der Waals surface area contributed by atoms with Crippen molar-refractivity contribution in [1.29, 1.82) is 0 Å². The largest absolute Gasteiger partial charge is 0.478 e. The van der Waals surface area contributed by atoms with E-state index >= 15 is 0 Å². The fourth-order valence-corrected chi connectivity index (χ4v) is 2.36. The van der Waals surface area contributed by atoms with Crippen LogP contribution in [0, 0.1) is 0 Å². The van der Waals surface area contributed by atoms with Gasteiger partial charge in [-0.2, -0.15) is 0 Å². The Balaban J connectivity index is 2.14. The molecule has 2 aromatic rings. The molecule has 6 heteroatoms. The summed E-state index contributed by atoms with van der Waals surface area (Å²) in [4.78, 5) is 24.0. The van der Waals surface area contributed by atoms with E-state index in [0.717, 1.165) is 4.90 Å². The van der Waals surface area contributed by atoms with Crippen LogP contribution < -0.4 is 10.6 Å². The number of carbonyl (C=O) groups excluding carboxylic acids is 1. The van der Waals surface area contributed by atoms with Gasteiger partial charge in [-0.15, -0.1) is 11.8 Å². The first kappa shape index (κ1) is 14.9. The number of carboxylic acid groups (broad SMARTS) is 1. The average Bonchev–Trinajstić information content (AvgIpc) is 2.48. The maximum Gasteiger partial charge on any atom is 0.337 e. The van der Waals surface area contributed by atoms with Crippen LogP contribution in [0.15, 0.2) is 53.4 Å². The van der Waals surface area contributed by atoms with Gasteiger partial charge < -0.3 is 15.7 Å². The topological polar surface area (TPSA) is 78.4 Å². The molecule has 2 rings (SSSR count). The van der Waals surface area contributed by atoms with Crippen molar-refractivity contribution in [2.45, 2.75) is 4.90 Å². The number of rotatable bonds is 4. The number of hydrogen-bond acceptors (Lipinski definition) is 3. The molecule has 0 aliphatic carbocycles. The van der Waals surface area contributed by atoms with Crippen molar-refractivity contribution in [3.63, 3.8) is 0 Å². The summed E-state index contributed by atoms with van der Waals surface area (Å²) < 4.78 is 0.